The fourth-order valence-electron chi connectivity index (χ4n) is 0.759. The summed E-state index contributed by atoms with van der Waals surface area (Å²) in [4.78, 5) is 20.9. The van der Waals surface area contributed by atoms with Crippen molar-refractivity contribution in [2.75, 3.05) is 0 Å². The highest BCUT2D eigenvalue weighted by Gasteiger charge is 2.22. The Morgan fingerprint density at radius 2 is 1.92 bits per heavy atom. The van der Waals surface area contributed by atoms with Gasteiger partial charge in [-0.1, -0.05) is 11.6 Å². The second-order valence-electron chi connectivity index (χ2n) is 2.71. The largest absolute Gasteiger partial charge is 0.478 e. The van der Waals surface area contributed by atoms with Gasteiger partial charge in [-0.05, 0) is 19.9 Å². The summed E-state index contributed by atoms with van der Waals surface area (Å²) in [6.07, 6.45) is 1.16. The lowest BCUT2D eigenvalue weighted by Crippen LogP contribution is -2.22. The van der Waals surface area contributed by atoms with Crippen molar-refractivity contribution in [2.24, 2.45) is 0 Å². The van der Waals surface area contributed by atoms with E-state index in [2.05, 4.69) is 4.74 Å². The van der Waals surface area contributed by atoms with Gasteiger partial charge in [-0.2, -0.15) is 0 Å². The van der Waals surface area contributed by atoms with Gasteiger partial charge in [-0.25, -0.2) is 4.79 Å². The molecule has 0 aliphatic heterocycles. The van der Waals surface area contributed by atoms with Gasteiger partial charge < -0.3 is 9.84 Å². The average molecular weight is 207 g/mol. The summed E-state index contributed by atoms with van der Waals surface area (Å²) in [7, 11) is 0. The molecule has 0 aromatic heterocycles. The van der Waals surface area contributed by atoms with Gasteiger partial charge in [0.05, 0.1) is 0 Å². The first-order valence-corrected chi connectivity index (χ1v) is 3.93. The lowest BCUT2D eigenvalue weighted by molar-refractivity contribution is -0.146. The van der Waals surface area contributed by atoms with Crippen molar-refractivity contribution in [3.63, 3.8) is 0 Å². The van der Waals surface area contributed by atoms with Crippen LogP contribution in [0.4, 0.5) is 0 Å². The standard InChI is InChI=1S/C8H11ClO4/c1-5(7(11)12)4-8(3,9)13-6(2)10/h4H,1-3H3,(H,11,12). The van der Waals surface area contributed by atoms with E-state index in [-0.39, 0.29) is 5.57 Å². The summed E-state index contributed by atoms with van der Waals surface area (Å²) >= 11 is 5.69. The van der Waals surface area contributed by atoms with E-state index in [0.717, 1.165) is 6.08 Å². The molecule has 0 spiro atoms. The van der Waals surface area contributed by atoms with Crippen LogP contribution in [0.5, 0.6) is 0 Å². The number of rotatable bonds is 3. The smallest absolute Gasteiger partial charge is 0.331 e. The van der Waals surface area contributed by atoms with Gasteiger partial charge in [0.1, 0.15) is 0 Å². The molecule has 0 aromatic carbocycles. The highest BCUT2D eigenvalue weighted by Crippen LogP contribution is 2.20. The van der Waals surface area contributed by atoms with Crippen LogP contribution in [0.25, 0.3) is 0 Å². The van der Waals surface area contributed by atoms with Crippen molar-refractivity contribution in [3.8, 4) is 0 Å². The number of aliphatic carboxylic acids is 1. The molecule has 0 rings (SSSR count). The van der Waals surface area contributed by atoms with Crippen LogP contribution in [0.15, 0.2) is 11.6 Å². The Hall–Kier alpha value is -1.03. The van der Waals surface area contributed by atoms with E-state index in [1.807, 2.05) is 0 Å². The minimum atomic E-state index is -1.39. The Kier molecular flexibility index (Phi) is 3.94. The van der Waals surface area contributed by atoms with E-state index in [9.17, 15) is 9.59 Å². The van der Waals surface area contributed by atoms with Crippen LogP contribution in [-0.2, 0) is 14.3 Å². The quantitative estimate of drug-likeness (QED) is 0.432. The summed E-state index contributed by atoms with van der Waals surface area (Å²) in [5, 5.41) is 7.12. The van der Waals surface area contributed by atoms with Crippen LogP contribution in [-0.4, -0.2) is 22.1 Å². The third-order valence-corrected chi connectivity index (χ3v) is 1.34. The van der Waals surface area contributed by atoms with Crippen molar-refractivity contribution in [3.05, 3.63) is 11.6 Å². The van der Waals surface area contributed by atoms with E-state index in [4.69, 9.17) is 16.7 Å². The maximum atomic E-state index is 10.5. The van der Waals surface area contributed by atoms with E-state index >= 15 is 0 Å². The van der Waals surface area contributed by atoms with Crippen LogP contribution >= 0.6 is 11.6 Å². The van der Waals surface area contributed by atoms with E-state index in [1.165, 1.54) is 20.8 Å². The average Bonchev–Trinajstić information content (AvgIpc) is 1.81. The Labute approximate surface area is 81.1 Å². The van der Waals surface area contributed by atoms with Gasteiger partial charge in [0.2, 0.25) is 5.06 Å². The third kappa shape index (κ3) is 5.25. The molecule has 0 heterocycles. The minimum Gasteiger partial charge on any atom is -0.478 e. The number of carbonyl (C=O) groups excluding carboxylic acids is 1. The molecule has 1 unspecified atom stereocenters. The van der Waals surface area contributed by atoms with Gasteiger partial charge in [0.15, 0.2) is 0 Å². The van der Waals surface area contributed by atoms with Gasteiger partial charge in [0.25, 0.3) is 0 Å². The molecule has 0 fully saturated rings. The number of carbonyl (C=O) groups is 2. The van der Waals surface area contributed by atoms with Crippen molar-refractivity contribution in [1.29, 1.82) is 0 Å². The summed E-state index contributed by atoms with van der Waals surface area (Å²) in [5.41, 5.74) is 0.0266. The number of hydrogen-bond donors (Lipinski definition) is 1. The predicted octanol–water partition coefficient (Wildman–Crippen LogP) is 1.54. The van der Waals surface area contributed by atoms with Gasteiger partial charge in [0, 0.05) is 12.5 Å². The van der Waals surface area contributed by atoms with E-state index in [0.29, 0.717) is 0 Å². The molecule has 4 nitrogen and oxygen atoms in total. The first-order valence-electron chi connectivity index (χ1n) is 3.56. The summed E-state index contributed by atoms with van der Waals surface area (Å²) in [5.74, 6) is -1.66. The third-order valence-electron chi connectivity index (χ3n) is 1.15. The fraction of sp³-hybridized carbons (Fsp3) is 0.500. The monoisotopic (exact) mass is 206 g/mol. The molecule has 0 amide bonds. The molecule has 5 heteroatoms. The first kappa shape index (κ1) is 12.0. The SMILES string of the molecule is CC(=O)OC(C)(Cl)C=C(C)C(=O)O. The first-order chi connectivity index (χ1) is 5.74. The highest BCUT2D eigenvalue weighted by atomic mass is 35.5. The summed E-state index contributed by atoms with van der Waals surface area (Å²) < 4.78 is 4.65. The lowest BCUT2D eigenvalue weighted by atomic mass is 10.2. The molecular formula is C8H11ClO4. The Bertz CT molecular complexity index is 255. The minimum absolute atomic E-state index is 0.0266. The molecule has 13 heavy (non-hydrogen) atoms. The van der Waals surface area contributed by atoms with Crippen LogP contribution < -0.4 is 0 Å². The van der Waals surface area contributed by atoms with Crippen molar-refractivity contribution < 1.29 is 19.4 Å². The number of alkyl halides is 1. The fourth-order valence-corrected chi connectivity index (χ4v) is 1.03. The second kappa shape index (κ2) is 4.28. The molecule has 0 aromatic rings. The number of hydrogen-bond acceptors (Lipinski definition) is 3. The Morgan fingerprint density at radius 1 is 1.46 bits per heavy atom. The molecular weight excluding hydrogens is 196 g/mol. The zero-order chi connectivity index (χ0) is 10.6. The normalized spacial score (nSPS) is 16.2. The van der Waals surface area contributed by atoms with Crippen molar-refractivity contribution in [2.45, 2.75) is 25.8 Å². The maximum Gasteiger partial charge on any atom is 0.331 e. The maximum absolute atomic E-state index is 10.5. The van der Waals surface area contributed by atoms with Crippen LogP contribution in [0.2, 0.25) is 0 Å². The molecule has 1 N–H and O–H groups in total. The van der Waals surface area contributed by atoms with E-state index in [1.54, 1.807) is 0 Å². The van der Waals surface area contributed by atoms with Crippen molar-refractivity contribution >= 4 is 23.5 Å². The van der Waals surface area contributed by atoms with Gasteiger partial charge in [-0.15, -0.1) is 0 Å². The Balaban J connectivity index is 4.56. The van der Waals surface area contributed by atoms with Crippen LogP contribution in [0.1, 0.15) is 20.8 Å². The number of halogens is 1. The Morgan fingerprint density at radius 3 is 2.23 bits per heavy atom. The lowest BCUT2D eigenvalue weighted by Gasteiger charge is -2.17. The van der Waals surface area contributed by atoms with Crippen molar-refractivity contribution in [1.82, 2.24) is 0 Å². The van der Waals surface area contributed by atoms with Gasteiger partial charge in [-0.3, -0.25) is 4.79 Å². The van der Waals surface area contributed by atoms with E-state index < -0.39 is 17.0 Å². The molecule has 1 atom stereocenters. The number of carboxylic acids is 1. The number of carboxylic acid groups (broad SMARTS) is 1. The van der Waals surface area contributed by atoms with Gasteiger partial charge >= 0.3 is 11.9 Å². The molecule has 0 aliphatic carbocycles. The predicted molar refractivity (Wildman–Crippen MR) is 47.4 cm³/mol. The molecule has 74 valence electrons. The zero-order valence-electron chi connectivity index (χ0n) is 7.63. The topological polar surface area (TPSA) is 63.6 Å². The highest BCUT2D eigenvalue weighted by molar-refractivity contribution is 6.24. The molecule has 0 aliphatic rings. The summed E-state index contributed by atoms with van der Waals surface area (Å²) in [6, 6.07) is 0. The summed E-state index contributed by atoms with van der Waals surface area (Å²) in [6.45, 7) is 3.96. The molecule has 0 saturated heterocycles. The molecule has 0 saturated carbocycles. The molecule has 0 radical (unpaired) electrons. The number of ether oxygens (including phenoxy) is 1. The second-order valence-corrected chi connectivity index (χ2v) is 3.46. The zero-order valence-corrected chi connectivity index (χ0v) is 8.38. The molecule has 0 bridgehead atoms. The number of esters is 1. The van der Waals surface area contributed by atoms with Crippen LogP contribution in [0, 0.1) is 0 Å². The van der Waals surface area contributed by atoms with Crippen LogP contribution in [0.3, 0.4) is 0 Å².